The molecule has 1 saturated heterocycles. The van der Waals surface area contributed by atoms with Crippen LogP contribution in [0, 0.1) is 23.7 Å². The van der Waals surface area contributed by atoms with Crippen molar-refractivity contribution in [3.8, 4) is 5.75 Å². The van der Waals surface area contributed by atoms with Gasteiger partial charge in [-0.3, -0.25) is 9.52 Å². The Balaban J connectivity index is 0.00000145. The third-order valence-corrected chi connectivity index (χ3v) is 12.3. The molecule has 1 aromatic heterocycles. The Morgan fingerprint density at radius 2 is 1.79 bits per heavy atom. The van der Waals surface area contributed by atoms with Crippen LogP contribution in [0.1, 0.15) is 93.3 Å². The zero-order chi connectivity index (χ0) is 34.2. The van der Waals surface area contributed by atoms with Gasteiger partial charge >= 0.3 is 0 Å². The molecule has 7 unspecified atom stereocenters. The average molecular weight is 703 g/mol. The van der Waals surface area contributed by atoms with Gasteiger partial charge in [-0.15, -0.1) is 0 Å². The Hall–Kier alpha value is -2.24. The number of carbonyl (C=O) groups excluding carboxylic acids is 1. The highest BCUT2D eigenvalue weighted by molar-refractivity contribution is 7.84. The molecule has 1 amide bonds. The van der Waals surface area contributed by atoms with Crippen molar-refractivity contribution in [2.45, 2.75) is 89.6 Å². The van der Waals surface area contributed by atoms with Crippen LogP contribution in [0.15, 0.2) is 30.3 Å². The molecule has 2 N–H and O–H groups in total. The number of aryl methyl sites for hydroxylation is 1. The molecule has 1 aliphatic carbocycles. The Morgan fingerprint density at radius 1 is 1.02 bits per heavy atom. The lowest BCUT2D eigenvalue weighted by Gasteiger charge is -2.47. The highest BCUT2D eigenvalue weighted by atomic mass is 35.5. The topological polar surface area (TPSA) is 102 Å². The first-order chi connectivity index (χ1) is 23.2. The molecule has 9 nitrogen and oxygen atoms in total. The first-order valence-electron chi connectivity index (χ1n) is 17.9. The third kappa shape index (κ3) is 8.91. The maximum Gasteiger partial charge on any atom is 0.281 e. The second-order valence-corrected chi connectivity index (χ2v) is 16.0. The summed E-state index contributed by atoms with van der Waals surface area (Å²) in [7, 11) is 2.22. The summed E-state index contributed by atoms with van der Waals surface area (Å²) in [6.45, 7) is 9.81. The molecule has 11 heteroatoms. The van der Waals surface area contributed by atoms with Crippen LogP contribution in [0.5, 0.6) is 5.75 Å². The van der Waals surface area contributed by atoms with E-state index in [9.17, 15) is 9.00 Å². The van der Waals surface area contributed by atoms with Gasteiger partial charge in [0.1, 0.15) is 16.7 Å². The molecule has 1 aromatic carbocycles. The summed E-state index contributed by atoms with van der Waals surface area (Å²) in [4.78, 5) is 20.6. The van der Waals surface area contributed by atoms with E-state index in [1.54, 1.807) is 6.07 Å². The van der Waals surface area contributed by atoms with E-state index >= 15 is 0 Å². The van der Waals surface area contributed by atoms with Crippen molar-refractivity contribution in [3.63, 3.8) is 0 Å². The second kappa shape index (κ2) is 17.6. The molecule has 48 heavy (non-hydrogen) atoms. The van der Waals surface area contributed by atoms with Crippen LogP contribution in [0.2, 0.25) is 5.02 Å². The fourth-order valence-electron chi connectivity index (χ4n) is 7.64. The number of nitrogens with zero attached hydrogens (tertiary/aromatic N) is 2. The van der Waals surface area contributed by atoms with Crippen LogP contribution in [0.3, 0.4) is 0 Å². The lowest BCUT2D eigenvalue weighted by Crippen LogP contribution is -2.47. The van der Waals surface area contributed by atoms with Crippen molar-refractivity contribution in [2.75, 3.05) is 51.9 Å². The standard InChI is InChI=1S/C35H48ClN3O5S.C2H7N/c1-4-7-24-18-27(36)11-13-28(24)26-20-39-19-25-10-12-29(25)30(35-42-16-6-17-43-35)9-5-8-22(2)23(3)45(41)38-34(40)31-14-15-32(44-21-26)33(39)37-31;1-3-2/h11,13-15,18,22-23,25-26,29-30,35H,4-10,12,16-17,19-21H2,1-3H3,(H,38,40);3H,1-2H3. The Kier molecular flexibility index (Phi) is 13.6. The summed E-state index contributed by atoms with van der Waals surface area (Å²) < 4.78 is 34.9. The molecule has 3 aliphatic heterocycles. The maximum absolute atomic E-state index is 13.4. The van der Waals surface area contributed by atoms with Gasteiger partial charge in [0.2, 0.25) is 0 Å². The van der Waals surface area contributed by atoms with Crippen molar-refractivity contribution in [3.05, 3.63) is 52.2 Å². The number of carbonyl (C=O) groups is 1. The summed E-state index contributed by atoms with van der Waals surface area (Å²) in [5.74, 6) is 2.48. The molecule has 1 saturated carbocycles. The minimum atomic E-state index is -1.53. The Morgan fingerprint density at radius 3 is 2.50 bits per heavy atom. The highest BCUT2D eigenvalue weighted by Crippen LogP contribution is 2.46. The third-order valence-electron chi connectivity index (χ3n) is 10.5. The zero-order valence-corrected chi connectivity index (χ0v) is 30.9. The molecular formula is C37H55ClN4O5S. The van der Waals surface area contributed by atoms with E-state index < -0.39 is 16.9 Å². The maximum atomic E-state index is 13.4. The van der Waals surface area contributed by atoms with Crippen molar-refractivity contribution in [2.24, 2.45) is 23.7 Å². The molecule has 0 radical (unpaired) electrons. The second-order valence-electron chi connectivity index (χ2n) is 14.0. The molecule has 6 rings (SSSR count). The van der Waals surface area contributed by atoms with Gasteiger partial charge in [0.05, 0.1) is 25.1 Å². The van der Waals surface area contributed by atoms with E-state index in [1.807, 2.05) is 33.2 Å². The quantitative estimate of drug-likeness (QED) is 0.372. The van der Waals surface area contributed by atoms with E-state index in [2.05, 4.69) is 40.9 Å². The van der Waals surface area contributed by atoms with Gasteiger partial charge in [0, 0.05) is 29.9 Å². The number of hydrogen-bond donors (Lipinski definition) is 2. The fourth-order valence-corrected chi connectivity index (χ4v) is 8.86. The zero-order valence-electron chi connectivity index (χ0n) is 29.3. The fraction of sp³-hybridized carbons (Fsp3) is 0.676. The highest BCUT2D eigenvalue weighted by Gasteiger charge is 2.43. The van der Waals surface area contributed by atoms with E-state index in [4.69, 9.17) is 30.8 Å². The summed E-state index contributed by atoms with van der Waals surface area (Å²) in [5.41, 5.74) is 2.77. The van der Waals surface area contributed by atoms with Gasteiger partial charge in [-0.25, -0.2) is 9.19 Å². The van der Waals surface area contributed by atoms with Gasteiger partial charge in [-0.2, -0.15) is 0 Å². The first kappa shape index (κ1) is 37.0. The molecule has 266 valence electrons. The monoisotopic (exact) mass is 702 g/mol. The summed E-state index contributed by atoms with van der Waals surface area (Å²) >= 11 is 6.44. The van der Waals surface area contributed by atoms with E-state index in [0.717, 1.165) is 76.1 Å². The van der Waals surface area contributed by atoms with Crippen LogP contribution < -0.4 is 19.7 Å². The molecule has 2 fully saturated rings. The number of amides is 1. The number of fused-ring (bicyclic) bond motifs is 2. The lowest BCUT2D eigenvalue weighted by atomic mass is 9.65. The van der Waals surface area contributed by atoms with E-state index in [0.29, 0.717) is 42.5 Å². The van der Waals surface area contributed by atoms with Crippen LogP contribution in [-0.4, -0.2) is 73.6 Å². The minimum Gasteiger partial charge on any atom is -0.489 e. The number of aromatic nitrogens is 1. The summed E-state index contributed by atoms with van der Waals surface area (Å²) in [6.07, 6.45) is 8.00. The first-order valence-corrected chi connectivity index (χ1v) is 19.5. The Bertz CT molecular complexity index is 1390. The van der Waals surface area contributed by atoms with Crippen molar-refractivity contribution in [1.29, 1.82) is 0 Å². The molecule has 7 atom stereocenters. The van der Waals surface area contributed by atoms with Gasteiger partial charge in [0.15, 0.2) is 17.9 Å². The molecule has 4 aliphatic rings. The molecule has 2 aromatic rings. The number of halogens is 1. The van der Waals surface area contributed by atoms with Crippen molar-refractivity contribution in [1.82, 2.24) is 15.0 Å². The molecular weight excluding hydrogens is 648 g/mol. The molecule has 0 spiro atoms. The van der Waals surface area contributed by atoms with Crippen molar-refractivity contribution < 1.29 is 23.2 Å². The summed E-state index contributed by atoms with van der Waals surface area (Å²) in [5, 5.41) is 3.32. The van der Waals surface area contributed by atoms with Gasteiger partial charge in [-0.1, -0.05) is 44.4 Å². The number of pyridine rings is 1. The van der Waals surface area contributed by atoms with Crippen molar-refractivity contribution >= 4 is 34.3 Å². The number of ether oxygens (including phenoxy) is 3. The lowest BCUT2D eigenvalue weighted by molar-refractivity contribution is -0.224. The number of anilines is 1. The largest absolute Gasteiger partial charge is 0.489 e. The van der Waals surface area contributed by atoms with Gasteiger partial charge in [-0.05, 0) is 113 Å². The molecule has 2 bridgehead atoms. The molecule has 4 heterocycles. The van der Waals surface area contributed by atoms with Crippen LogP contribution >= 0.6 is 11.6 Å². The smallest absolute Gasteiger partial charge is 0.281 e. The van der Waals surface area contributed by atoms with E-state index in [-0.39, 0.29) is 29.1 Å². The predicted molar refractivity (Wildman–Crippen MR) is 193 cm³/mol. The van der Waals surface area contributed by atoms with E-state index in [1.165, 1.54) is 11.1 Å². The van der Waals surface area contributed by atoms with Gasteiger partial charge < -0.3 is 24.4 Å². The minimum absolute atomic E-state index is 0.107. The number of nitrogens with one attached hydrogen (secondary N) is 2. The number of rotatable bonds is 4. The number of benzene rings is 1. The van der Waals surface area contributed by atoms with Crippen LogP contribution in [0.4, 0.5) is 5.82 Å². The number of hydrogen-bond acceptors (Lipinski definition) is 8. The summed E-state index contributed by atoms with van der Waals surface area (Å²) in [6, 6.07) is 9.75. The predicted octanol–water partition coefficient (Wildman–Crippen LogP) is 6.51. The Labute approximate surface area is 294 Å². The normalized spacial score (nSPS) is 30.0. The average Bonchev–Trinajstić information content (AvgIpc) is 3.25. The van der Waals surface area contributed by atoms with Crippen LogP contribution in [0.25, 0.3) is 0 Å². The SMILES string of the molecule is CCCc1cc(Cl)ccc1C1COc2ccc3nc2N(C1)CC1CCC1C(C1OCCCO1)CCCC(C)C(C)S(=O)NC3=O.CNC. The van der Waals surface area contributed by atoms with Crippen LogP contribution in [-0.2, 0) is 26.9 Å². The van der Waals surface area contributed by atoms with Gasteiger partial charge in [0.25, 0.3) is 5.91 Å².